The highest BCUT2D eigenvalue weighted by Crippen LogP contribution is 2.39. The van der Waals surface area contributed by atoms with Crippen LogP contribution in [0.5, 0.6) is 0 Å². The lowest BCUT2D eigenvalue weighted by atomic mass is 9.93. The van der Waals surface area contributed by atoms with Gasteiger partial charge in [0.05, 0.1) is 39.4 Å². The van der Waals surface area contributed by atoms with Crippen LogP contribution >= 0.6 is 23.2 Å². The SMILES string of the molecule is CC[C@@H](N(C)c1cc(Cl)c(C(=O)N[C@@H](Cc2ccc(-c3c(C(F)(F)F)cc(C)n(C)c3=O)c3ncccc23)C(=O)OC)c(Cl)c1)C(F)(F)F. The number of hydrogen-bond acceptors (Lipinski definition) is 6. The van der Waals surface area contributed by atoms with Crippen molar-refractivity contribution in [3.63, 3.8) is 0 Å². The molecule has 2 aromatic heterocycles. The van der Waals surface area contributed by atoms with Gasteiger partial charge in [-0.3, -0.25) is 14.6 Å². The Kier molecular flexibility index (Phi) is 10.9. The van der Waals surface area contributed by atoms with E-state index in [0.29, 0.717) is 5.56 Å². The van der Waals surface area contributed by atoms with Gasteiger partial charge in [-0.15, -0.1) is 0 Å². The number of rotatable bonds is 9. The Morgan fingerprint density at radius 1 is 1.06 bits per heavy atom. The second-order valence-electron chi connectivity index (χ2n) is 11.2. The Hall–Kier alpha value is -4.30. The highest BCUT2D eigenvalue weighted by atomic mass is 35.5. The number of amides is 1. The first-order valence-corrected chi connectivity index (χ1v) is 15.4. The maximum absolute atomic E-state index is 14.2. The molecule has 0 aliphatic rings. The number of benzene rings is 2. The Morgan fingerprint density at radius 3 is 2.24 bits per heavy atom. The third kappa shape index (κ3) is 7.64. The van der Waals surface area contributed by atoms with Gasteiger partial charge < -0.3 is 19.5 Å². The van der Waals surface area contributed by atoms with Crippen LogP contribution in [0.4, 0.5) is 32.0 Å². The maximum atomic E-state index is 14.2. The summed E-state index contributed by atoms with van der Waals surface area (Å²) in [5.74, 6) is -1.85. The summed E-state index contributed by atoms with van der Waals surface area (Å²) in [6.07, 6.45) is -8.60. The lowest BCUT2D eigenvalue weighted by Gasteiger charge is -2.31. The number of carbonyl (C=O) groups is 2. The van der Waals surface area contributed by atoms with Crippen molar-refractivity contribution in [2.24, 2.45) is 7.05 Å². The molecule has 2 atom stereocenters. The van der Waals surface area contributed by atoms with E-state index in [1.807, 2.05) is 0 Å². The molecule has 0 radical (unpaired) electrons. The number of nitrogens with zero attached hydrogens (tertiary/aromatic N) is 3. The van der Waals surface area contributed by atoms with Gasteiger partial charge in [0.25, 0.3) is 11.5 Å². The summed E-state index contributed by atoms with van der Waals surface area (Å²) in [6.45, 7) is 2.74. The molecule has 4 rings (SSSR count). The van der Waals surface area contributed by atoms with Crippen LogP contribution in [0, 0.1) is 6.92 Å². The topological polar surface area (TPSA) is 93.5 Å². The summed E-state index contributed by atoms with van der Waals surface area (Å²) in [6, 6.07) is 5.67. The average Bonchev–Trinajstić information content (AvgIpc) is 3.02. The largest absolute Gasteiger partial charge is 0.467 e. The van der Waals surface area contributed by atoms with Crippen molar-refractivity contribution in [2.45, 2.75) is 51.1 Å². The summed E-state index contributed by atoms with van der Waals surface area (Å²) in [7, 11) is 3.64. The molecule has 1 N–H and O–H groups in total. The predicted molar refractivity (Wildman–Crippen MR) is 174 cm³/mol. The number of esters is 1. The predicted octanol–water partition coefficient (Wildman–Crippen LogP) is 7.53. The normalized spacial score (nSPS) is 13.2. The number of nitrogens with one attached hydrogen (secondary N) is 1. The minimum Gasteiger partial charge on any atom is -0.467 e. The molecule has 49 heavy (non-hydrogen) atoms. The van der Waals surface area contributed by atoms with Gasteiger partial charge in [0.15, 0.2) is 0 Å². The van der Waals surface area contributed by atoms with Crippen LogP contribution in [0.25, 0.3) is 22.0 Å². The molecule has 8 nitrogen and oxygen atoms in total. The molecule has 16 heteroatoms. The number of halogens is 8. The third-order valence-corrected chi connectivity index (χ3v) is 8.81. The van der Waals surface area contributed by atoms with E-state index in [-0.39, 0.29) is 56.3 Å². The standard InChI is InChI=1S/C33H30Cl2F6N4O4/c1-6-25(33(39,40)41)45(4)18-14-22(34)27(23(35)15-18)29(46)43-24(31(48)49-5)13-17-9-10-20(28-19(17)8-7-11-42-28)26-21(32(36,37)38)12-16(2)44(3)30(26)47/h7-12,14-15,24-25H,6,13H2,1-5H3,(H,43,46)/t24-,25+/m0/s1. The van der Waals surface area contributed by atoms with Crippen molar-refractivity contribution in [2.75, 3.05) is 19.1 Å². The highest BCUT2D eigenvalue weighted by molar-refractivity contribution is 6.40. The summed E-state index contributed by atoms with van der Waals surface area (Å²) in [5.41, 5.74) is -2.55. The highest BCUT2D eigenvalue weighted by Gasteiger charge is 2.41. The lowest BCUT2D eigenvalue weighted by molar-refractivity contribution is -0.148. The first-order valence-electron chi connectivity index (χ1n) is 14.6. The number of alkyl halides is 6. The van der Waals surface area contributed by atoms with Gasteiger partial charge in [-0.25, -0.2) is 4.79 Å². The Labute approximate surface area is 286 Å². The quantitative estimate of drug-likeness (QED) is 0.142. The molecular formula is C33H30Cl2F6N4O4. The van der Waals surface area contributed by atoms with E-state index in [2.05, 4.69) is 10.3 Å². The minimum absolute atomic E-state index is 0.00334. The fourth-order valence-corrected chi connectivity index (χ4v) is 6.23. The van der Waals surface area contributed by atoms with E-state index in [0.717, 1.165) is 34.8 Å². The van der Waals surface area contributed by atoms with E-state index >= 15 is 0 Å². The van der Waals surface area contributed by atoms with Crippen LogP contribution in [-0.2, 0) is 29.2 Å². The molecule has 0 fully saturated rings. The van der Waals surface area contributed by atoms with Gasteiger partial charge in [0.1, 0.15) is 12.1 Å². The summed E-state index contributed by atoms with van der Waals surface area (Å²) in [4.78, 5) is 44.7. The van der Waals surface area contributed by atoms with Crippen LogP contribution in [-0.4, -0.2) is 53.8 Å². The van der Waals surface area contributed by atoms with Gasteiger partial charge in [0.2, 0.25) is 0 Å². The number of ether oxygens (including phenoxy) is 1. The fourth-order valence-electron chi connectivity index (χ4n) is 5.59. The van der Waals surface area contributed by atoms with E-state index in [4.69, 9.17) is 27.9 Å². The molecule has 2 aromatic carbocycles. The second kappa shape index (κ2) is 14.3. The molecule has 0 spiro atoms. The zero-order chi connectivity index (χ0) is 36.6. The Bertz CT molecular complexity index is 1960. The molecule has 1 amide bonds. The molecule has 0 bridgehead atoms. The van der Waals surface area contributed by atoms with Crippen LogP contribution < -0.4 is 15.8 Å². The second-order valence-corrected chi connectivity index (χ2v) is 12.0. The van der Waals surface area contributed by atoms with Crippen molar-refractivity contribution >= 4 is 51.7 Å². The molecule has 4 aromatic rings. The molecule has 0 aliphatic heterocycles. The lowest BCUT2D eigenvalue weighted by Crippen LogP contribution is -2.44. The number of pyridine rings is 2. The fraction of sp³-hybridized carbons (Fsp3) is 0.333. The first-order chi connectivity index (χ1) is 22.8. The van der Waals surface area contributed by atoms with Crippen LogP contribution in [0.2, 0.25) is 10.0 Å². The van der Waals surface area contributed by atoms with E-state index in [9.17, 15) is 40.7 Å². The van der Waals surface area contributed by atoms with Gasteiger partial charge in [0, 0.05) is 49.0 Å². The first kappa shape index (κ1) is 37.5. The smallest absolute Gasteiger partial charge is 0.417 e. The number of aryl methyl sites for hydroxylation is 1. The zero-order valence-corrected chi connectivity index (χ0v) is 28.2. The van der Waals surface area contributed by atoms with Gasteiger partial charge in [-0.1, -0.05) is 48.3 Å². The molecule has 0 saturated heterocycles. The van der Waals surface area contributed by atoms with Crippen molar-refractivity contribution in [3.05, 3.63) is 91.4 Å². The summed E-state index contributed by atoms with van der Waals surface area (Å²) < 4.78 is 89.1. The van der Waals surface area contributed by atoms with Crippen molar-refractivity contribution < 1.29 is 40.7 Å². The summed E-state index contributed by atoms with van der Waals surface area (Å²) in [5, 5.41) is 2.20. The average molecular weight is 732 g/mol. The van der Waals surface area contributed by atoms with E-state index in [1.165, 1.54) is 58.4 Å². The monoisotopic (exact) mass is 730 g/mol. The van der Waals surface area contributed by atoms with Gasteiger partial charge in [-0.05, 0) is 43.2 Å². The molecule has 0 unspecified atom stereocenters. The number of aromatic nitrogens is 2. The number of carbonyl (C=O) groups excluding carboxylic acids is 2. The van der Waals surface area contributed by atoms with Crippen molar-refractivity contribution in [1.29, 1.82) is 0 Å². The van der Waals surface area contributed by atoms with E-state index in [1.54, 1.807) is 0 Å². The number of anilines is 1. The van der Waals surface area contributed by atoms with Gasteiger partial charge >= 0.3 is 18.3 Å². The third-order valence-electron chi connectivity index (χ3n) is 8.21. The number of methoxy groups -OCH3 is 1. The van der Waals surface area contributed by atoms with Crippen LogP contribution in [0.15, 0.2) is 53.5 Å². The zero-order valence-electron chi connectivity index (χ0n) is 26.7. The Morgan fingerprint density at radius 2 is 1.69 bits per heavy atom. The Balaban J connectivity index is 1.74. The van der Waals surface area contributed by atoms with Gasteiger partial charge in [-0.2, -0.15) is 26.3 Å². The van der Waals surface area contributed by atoms with Crippen LogP contribution in [0.3, 0.4) is 0 Å². The number of fused-ring (bicyclic) bond motifs is 1. The van der Waals surface area contributed by atoms with E-state index < -0.39 is 53.0 Å². The molecule has 0 saturated carbocycles. The molecule has 0 aliphatic carbocycles. The van der Waals surface area contributed by atoms with Crippen LogP contribution in [0.1, 0.15) is 40.5 Å². The van der Waals surface area contributed by atoms with Crippen molar-refractivity contribution in [3.8, 4) is 11.1 Å². The maximum Gasteiger partial charge on any atom is 0.417 e. The van der Waals surface area contributed by atoms with Crippen molar-refractivity contribution in [1.82, 2.24) is 14.9 Å². The molecule has 2 heterocycles. The minimum atomic E-state index is -4.86. The number of hydrogen-bond donors (Lipinski definition) is 1. The molecule has 262 valence electrons. The molecular weight excluding hydrogens is 701 g/mol. The summed E-state index contributed by atoms with van der Waals surface area (Å²) >= 11 is 12.7.